The third-order valence-corrected chi connectivity index (χ3v) is 5.14. The van der Waals surface area contributed by atoms with E-state index in [1.165, 1.54) is 15.3 Å². The fraction of sp³-hybridized carbons (Fsp3) is 0.688. The molecule has 2 rings (SSSR count). The van der Waals surface area contributed by atoms with Crippen LogP contribution < -0.4 is 11.1 Å². The highest BCUT2D eigenvalue weighted by molar-refractivity contribution is 7.12. The van der Waals surface area contributed by atoms with Gasteiger partial charge in [-0.3, -0.25) is 4.79 Å². The second-order valence-corrected chi connectivity index (χ2v) is 7.43. The number of rotatable bonds is 5. The number of carbonyl (C=O) groups is 1. The summed E-state index contributed by atoms with van der Waals surface area (Å²) >= 11 is 1.84. The van der Waals surface area contributed by atoms with E-state index in [-0.39, 0.29) is 5.91 Å². The molecule has 112 valence electrons. The van der Waals surface area contributed by atoms with Gasteiger partial charge in [-0.2, -0.15) is 0 Å². The molecule has 0 unspecified atom stereocenters. The number of nitrogens with two attached hydrogens (primary N) is 1. The van der Waals surface area contributed by atoms with Crippen molar-refractivity contribution in [3.05, 3.63) is 21.4 Å². The number of carbonyl (C=O) groups excluding carboxylic acids is 1. The minimum Gasteiger partial charge on any atom is -0.353 e. The molecule has 1 aliphatic rings. The van der Waals surface area contributed by atoms with Gasteiger partial charge >= 0.3 is 0 Å². The van der Waals surface area contributed by atoms with Crippen molar-refractivity contribution in [2.45, 2.75) is 70.9 Å². The zero-order valence-corrected chi connectivity index (χ0v) is 13.4. The van der Waals surface area contributed by atoms with Gasteiger partial charge in [0.1, 0.15) is 0 Å². The summed E-state index contributed by atoms with van der Waals surface area (Å²) in [4.78, 5) is 14.7. The van der Waals surface area contributed by atoms with Crippen molar-refractivity contribution in [2.75, 3.05) is 0 Å². The summed E-state index contributed by atoms with van der Waals surface area (Å²) in [6, 6.07) is 2.95. The van der Waals surface area contributed by atoms with Crippen LogP contribution in [0, 0.1) is 13.8 Å². The molecule has 1 aliphatic carbocycles. The van der Waals surface area contributed by atoms with Crippen LogP contribution in [-0.2, 0) is 11.2 Å². The largest absolute Gasteiger partial charge is 0.353 e. The predicted molar refractivity (Wildman–Crippen MR) is 85.1 cm³/mol. The van der Waals surface area contributed by atoms with Gasteiger partial charge in [-0.25, -0.2) is 0 Å². The molecule has 0 aliphatic heterocycles. The molecule has 0 atom stereocenters. The van der Waals surface area contributed by atoms with E-state index in [1.807, 2.05) is 11.3 Å². The van der Waals surface area contributed by atoms with Crippen molar-refractivity contribution >= 4 is 17.2 Å². The third-order valence-electron chi connectivity index (χ3n) is 4.13. The van der Waals surface area contributed by atoms with Gasteiger partial charge in [0.05, 0.1) is 0 Å². The first-order valence-corrected chi connectivity index (χ1v) is 8.47. The second-order valence-electron chi connectivity index (χ2n) is 5.97. The molecule has 0 saturated heterocycles. The van der Waals surface area contributed by atoms with Crippen LogP contribution in [-0.4, -0.2) is 18.0 Å². The van der Waals surface area contributed by atoms with E-state index in [9.17, 15) is 4.79 Å². The fourth-order valence-electron chi connectivity index (χ4n) is 2.93. The lowest BCUT2D eigenvalue weighted by Gasteiger charge is -2.26. The van der Waals surface area contributed by atoms with Crippen LogP contribution in [0.2, 0.25) is 0 Å². The SMILES string of the molecule is Cc1cc(CCCC(=O)NC2CCC(N)CC2)c(C)s1. The molecule has 1 aromatic rings. The monoisotopic (exact) mass is 294 g/mol. The average Bonchev–Trinajstić information content (AvgIpc) is 2.71. The number of amides is 1. The fourth-order valence-corrected chi connectivity index (χ4v) is 3.91. The maximum atomic E-state index is 11.9. The van der Waals surface area contributed by atoms with Gasteiger partial charge in [0, 0.05) is 28.3 Å². The maximum Gasteiger partial charge on any atom is 0.220 e. The van der Waals surface area contributed by atoms with Gasteiger partial charge in [-0.1, -0.05) is 0 Å². The Labute approximate surface area is 125 Å². The Balaban J connectivity index is 1.66. The Morgan fingerprint density at radius 1 is 1.35 bits per heavy atom. The van der Waals surface area contributed by atoms with Gasteiger partial charge in [-0.05, 0) is 64.0 Å². The maximum absolute atomic E-state index is 11.9. The lowest BCUT2D eigenvalue weighted by molar-refractivity contribution is -0.122. The average molecular weight is 294 g/mol. The second kappa shape index (κ2) is 7.23. The number of hydrogen-bond donors (Lipinski definition) is 2. The van der Waals surface area contributed by atoms with Crippen LogP contribution in [0.25, 0.3) is 0 Å². The molecule has 3 nitrogen and oxygen atoms in total. The van der Waals surface area contributed by atoms with E-state index in [4.69, 9.17) is 5.73 Å². The molecule has 4 heteroatoms. The first-order chi connectivity index (χ1) is 9.54. The van der Waals surface area contributed by atoms with Gasteiger partial charge in [0.25, 0.3) is 0 Å². The Bertz CT molecular complexity index is 447. The minimum absolute atomic E-state index is 0.204. The van der Waals surface area contributed by atoms with Gasteiger partial charge in [-0.15, -0.1) is 11.3 Å². The molecule has 1 fully saturated rings. The standard InChI is InChI=1S/C16H26N2OS/c1-11-10-13(12(2)20-11)4-3-5-16(19)18-15-8-6-14(17)7-9-15/h10,14-15H,3-9,17H2,1-2H3,(H,18,19). The zero-order valence-electron chi connectivity index (χ0n) is 12.6. The lowest BCUT2D eigenvalue weighted by Crippen LogP contribution is -2.40. The van der Waals surface area contributed by atoms with Crippen molar-refractivity contribution in [3.63, 3.8) is 0 Å². The summed E-state index contributed by atoms with van der Waals surface area (Å²) in [6.45, 7) is 4.31. The van der Waals surface area contributed by atoms with Gasteiger partial charge in [0.15, 0.2) is 0 Å². The summed E-state index contributed by atoms with van der Waals surface area (Å²) in [5.41, 5.74) is 7.28. The van der Waals surface area contributed by atoms with E-state index >= 15 is 0 Å². The van der Waals surface area contributed by atoms with E-state index in [2.05, 4.69) is 25.2 Å². The summed E-state index contributed by atoms with van der Waals surface area (Å²) in [5.74, 6) is 0.204. The molecule has 0 bridgehead atoms. The van der Waals surface area contributed by atoms with Crippen LogP contribution >= 0.6 is 11.3 Å². The van der Waals surface area contributed by atoms with Crippen molar-refractivity contribution in [3.8, 4) is 0 Å². The van der Waals surface area contributed by atoms with Crippen LogP contribution in [0.15, 0.2) is 6.07 Å². The van der Waals surface area contributed by atoms with Gasteiger partial charge < -0.3 is 11.1 Å². The van der Waals surface area contributed by atoms with Crippen molar-refractivity contribution < 1.29 is 4.79 Å². The van der Waals surface area contributed by atoms with Crippen LogP contribution in [0.4, 0.5) is 0 Å². The highest BCUT2D eigenvalue weighted by atomic mass is 32.1. The van der Waals surface area contributed by atoms with E-state index < -0.39 is 0 Å². The topological polar surface area (TPSA) is 55.1 Å². The summed E-state index contributed by atoms with van der Waals surface area (Å²) in [5, 5.41) is 3.15. The van der Waals surface area contributed by atoms with E-state index in [1.54, 1.807) is 0 Å². The molecule has 3 N–H and O–H groups in total. The number of thiophene rings is 1. The molecule has 1 heterocycles. The van der Waals surface area contributed by atoms with Crippen LogP contribution in [0.1, 0.15) is 53.8 Å². The van der Waals surface area contributed by atoms with Crippen molar-refractivity contribution in [2.24, 2.45) is 5.73 Å². The van der Waals surface area contributed by atoms with E-state index in [0.29, 0.717) is 18.5 Å². The Morgan fingerprint density at radius 2 is 2.05 bits per heavy atom. The normalized spacial score (nSPS) is 22.8. The van der Waals surface area contributed by atoms with Crippen molar-refractivity contribution in [1.29, 1.82) is 0 Å². The smallest absolute Gasteiger partial charge is 0.220 e. The number of aryl methyl sites for hydroxylation is 3. The van der Waals surface area contributed by atoms with Crippen LogP contribution in [0.5, 0.6) is 0 Å². The minimum atomic E-state index is 0.204. The molecule has 1 aromatic heterocycles. The summed E-state index contributed by atoms with van der Waals surface area (Å²) < 4.78 is 0. The zero-order chi connectivity index (χ0) is 14.5. The Kier molecular flexibility index (Phi) is 5.61. The van der Waals surface area contributed by atoms with Crippen molar-refractivity contribution in [1.82, 2.24) is 5.32 Å². The first-order valence-electron chi connectivity index (χ1n) is 7.65. The Hall–Kier alpha value is -0.870. The Morgan fingerprint density at radius 3 is 2.65 bits per heavy atom. The summed E-state index contributed by atoms with van der Waals surface area (Å²) in [7, 11) is 0. The van der Waals surface area contributed by atoms with Gasteiger partial charge in [0.2, 0.25) is 5.91 Å². The molecule has 0 radical (unpaired) electrons. The molecule has 0 aromatic carbocycles. The third kappa shape index (κ3) is 4.60. The van der Waals surface area contributed by atoms with E-state index in [0.717, 1.165) is 38.5 Å². The molecular weight excluding hydrogens is 268 g/mol. The highest BCUT2D eigenvalue weighted by Gasteiger charge is 2.19. The number of hydrogen-bond acceptors (Lipinski definition) is 3. The molecule has 20 heavy (non-hydrogen) atoms. The summed E-state index contributed by atoms with van der Waals surface area (Å²) in [6.07, 6.45) is 6.74. The first kappa shape index (κ1) is 15.5. The molecule has 1 amide bonds. The molecule has 1 saturated carbocycles. The molecule has 0 spiro atoms. The van der Waals surface area contributed by atoms with Crippen LogP contribution in [0.3, 0.4) is 0 Å². The highest BCUT2D eigenvalue weighted by Crippen LogP contribution is 2.22. The quantitative estimate of drug-likeness (QED) is 0.877. The number of nitrogens with one attached hydrogen (secondary N) is 1. The lowest BCUT2D eigenvalue weighted by atomic mass is 9.92. The molecular formula is C16H26N2OS. The predicted octanol–water partition coefficient (Wildman–Crippen LogP) is 3.07.